The zero-order chi connectivity index (χ0) is 10.3. The molecule has 15 heavy (non-hydrogen) atoms. The van der Waals surface area contributed by atoms with E-state index >= 15 is 0 Å². The van der Waals surface area contributed by atoms with Crippen molar-refractivity contribution in [3.8, 4) is 0 Å². The fraction of sp³-hybridized carbons (Fsp3) is 0.636. The normalized spacial score (nSPS) is 34.9. The van der Waals surface area contributed by atoms with E-state index in [-0.39, 0.29) is 6.04 Å². The van der Waals surface area contributed by atoms with E-state index in [0.717, 1.165) is 17.5 Å². The molecular weight excluding hydrogens is 188 g/mol. The lowest BCUT2D eigenvalue weighted by Gasteiger charge is -2.16. The Bertz CT molecular complexity index is 330. The molecule has 1 aromatic heterocycles. The van der Waals surface area contributed by atoms with Crippen molar-refractivity contribution in [1.29, 1.82) is 0 Å². The van der Waals surface area contributed by atoms with Crippen LogP contribution in [0.3, 0.4) is 0 Å². The van der Waals surface area contributed by atoms with Gasteiger partial charge in [-0.3, -0.25) is 21.2 Å². The molecule has 0 amide bonds. The minimum Gasteiger partial charge on any atom is -0.271 e. The molecule has 0 spiro atoms. The van der Waals surface area contributed by atoms with Crippen molar-refractivity contribution in [2.24, 2.45) is 23.6 Å². The van der Waals surface area contributed by atoms with Crippen molar-refractivity contribution in [2.45, 2.75) is 25.3 Å². The lowest BCUT2D eigenvalue weighted by Crippen LogP contribution is -2.31. The highest BCUT2D eigenvalue weighted by Gasteiger charge is 2.56. The number of nitrogens with one attached hydrogen (secondary N) is 1. The number of fused-ring (bicyclic) bond motifs is 1. The molecule has 2 fully saturated rings. The molecule has 1 aromatic rings. The van der Waals surface area contributed by atoms with Gasteiger partial charge in [-0.1, -0.05) is 6.42 Å². The minimum atomic E-state index is 0.203. The number of hydrazine groups is 1. The van der Waals surface area contributed by atoms with Gasteiger partial charge in [-0.15, -0.1) is 0 Å². The van der Waals surface area contributed by atoms with Crippen LogP contribution in [0.2, 0.25) is 0 Å². The summed E-state index contributed by atoms with van der Waals surface area (Å²) in [5.74, 6) is 8.09. The Kier molecular flexibility index (Phi) is 2.18. The molecule has 2 aliphatic rings. The van der Waals surface area contributed by atoms with Gasteiger partial charge in [0, 0.05) is 12.4 Å². The first-order valence-corrected chi connectivity index (χ1v) is 5.64. The molecule has 0 aromatic carbocycles. The Morgan fingerprint density at radius 3 is 2.73 bits per heavy atom. The molecule has 4 heteroatoms. The van der Waals surface area contributed by atoms with Crippen molar-refractivity contribution in [3.63, 3.8) is 0 Å². The molecule has 3 rings (SSSR count). The van der Waals surface area contributed by atoms with Gasteiger partial charge in [-0.2, -0.15) is 0 Å². The molecular formula is C11H16N4. The summed E-state index contributed by atoms with van der Waals surface area (Å²) in [6.07, 6.45) is 9.38. The molecule has 1 heterocycles. The maximum absolute atomic E-state index is 5.63. The highest BCUT2D eigenvalue weighted by molar-refractivity contribution is 5.14. The lowest BCUT2D eigenvalue weighted by molar-refractivity contribution is 0.416. The van der Waals surface area contributed by atoms with Crippen LogP contribution in [0.4, 0.5) is 0 Å². The smallest absolute Gasteiger partial charge is 0.0772 e. The Labute approximate surface area is 89.3 Å². The van der Waals surface area contributed by atoms with Crippen LogP contribution in [0.5, 0.6) is 0 Å². The SMILES string of the molecule is NNC(c1cnccn1)C1C2CCCC21. The molecule has 3 N–H and O–H groups in total. The molecule has 0 radical (unpaired) electrons. The van der Waals surface area contributed by atoms with Crippen LogP contribution >= 0.6 is 0 Å². The summed E-state index contributed by atoms with van der Waals surface area (Å²) < 4.78 is 0. The quantitative estimate of drug-likeness (QED) is 0.570. The summed E-state index contributed by atoms with van der Waals surface area (Å²) in [5, 5.41) is 0. The fourth-order valence-corrected chi connectivity index (χ4v) is 3.24. The number of hydrogen-bond acceptors (Lipinski definition) is 4. The fourth-order valence-electron chi connectivity index (χ4n) is 3.24. The number of nitrogens with zero attached hydrogens (tertiary/aromatic N) is 2. The molecule has 80 valence electrons. The summed E-state index contributed by atoms with van der Waals surface area (Å²) in [6, 6.07) is 0.203. The van der Waals surface area contributed by atoms with Gasteiger partial charge in [-0.05, 0) is 30.6 Å². The van der Waals surface area contributed by atoms with Crippen molar-refractivity contribution < 1.29 is 0 Å². The molecule has 4 nitrogen and oxygen atoms in total. The van der Waals surface area contributed by atoms with Crippen LogP contribution in [-0.2, 0) is 0 Å². The highest BCUT2D eigenvalue weighted by Crippen LogP contribution is 2.61. The maximum Gasteiger partial charge on any atom is 0.0772 e. The van der Waals surface area contributed by atoms with Crippen molar-refractivity contribution in [3.05, 3.63) is 24.3 Å². The second kappa shape index (κ2) is 3.54. The number of hydrogen-bond donors (Lipinski definition) is 2. The van der Waals surface area contributed by atoms with Crippen LogP contribution < -0.4 is 11.3 Å². The zero-order valence-electron chi connectivity index (χ0n) is 8.63. The second-order valence-electron chi connectivity index (χ2n) is 4.61. The van der Waals surface area contributed by atoms with Crippen LogP contribution in [0, 0.1) is 17.8 Å². The summed E-state index contributed by atoms with van der Waals surface area (Å²) in [5.41, 5.74) is 3.89. The van der Waals surface area contributed by atoms with Crippen LogP contribution in [0.15, 0.2) is 18.6 Å². The third-order valence-electron chi connectivity index (χ3n) is 3.94. The van der Waals surface area contributed by atoms with Gasteiger partial charge in [0.25, 0.3) is 0 Å². The second-order valence-corrected chi connectivity index (χ2v) is 4.61. The average Bonchev–Trinajstić information content (AvgIpc) is 2.76. The van der Waals surface area contributed by atoms with Crippen molar-refractivity contribution >= 4 is 0 Å². The summed E-state index contributed by atoms with van der Waals surface area (Å²) >= 11 is 0. The van der Waals surface area contributed by atoms with Crippen LogP contribution in [0.25, 0.3) is 0 Å². The molecule has 0 aliphatic heterocycles. The molecule has 2 saturated carbocycles. The predicted molar refractivity (Wildman–Crippen MR) is 56.4 cm³/mol. The Hall–Kier alpha value is -1.00. The highest BCUT2D eigenvalue weighted by atomic mass is 15.2. The summed E-state index contributed by atoms with van der Waals surface area (Å²) in [4.78, 5) is 8.43. The summed E-state index contributed by atoms with van der Waals surface area (Å²) in [6.45, 7) is 0. The number of aromatic nitrogens is 2. The van der Waals surface area contributed by atoms with Gasteiger partial charge in [0.2, 0.25) is 0 Å². The van der Waals surface area contributed by atoms with E-state index in [2.05, 4.69) is 15.4 Å². The molecule has 0 saturated heterocycles. The third-order valence-corrected chi connectivity index (χ3v) is 3.94. The first-order chi connectivity index (χ1) is 7.42. The van der Waals surface area contributed by atoms with Crippen molar-refractivity contribution in [1.82, 2.24) is 15.4 Å². The molecule has 2 aliphatic carbocycles. The first kappa shape index (κ1) is 9.24. The van der Waals surface area contributed by atoms with E-state index in [4.69, 9.17) is 5.84 Å². The summed E-state index contributed by atoms with van der Waals surface area (Å²) in [7, 11) is 0. The van der Waals surface area contributed by atoms with Gasteiger partial charge in [-0.25, -0.2) is 0 Å². The topological polar surface area (TPSA) is 63.8 Å². The predicted octanol–water partition coefficient (Wildman–Crippen LogP) is 1.03. The Balaban J connectivity index is 1.78. The third kappa shape index (κ3) is 1.44. The van der Waals surface area contributed by atoms with Gasteiger partial charge in [0.15, 0.2) is 0 Å². The van der Waals surface area contributed by atoms with Gasteiger partial charge in [0.1, 0.15) is 0 Å². The average molecular weight is 204 g/mol. The lowest BCUT2D eigenvalue weighted by atomic mass is 10.0. The Morgan fingerprint density at radius 1 is 1.33 bits per heavy atom. The maximum atomic E-state index is 5.63. The van der Waals surface area contributed by atoms with E-state index in [9.17, 15) is 0 Å². The van der Waals surface area contributed by atoms with E-state index < -0.39 is 0 Å². The van der Waals surface area contributed by atoms with Crippen LogP contribution in [-0.4, -0.2) is 9.97 Å². The largest absolute Gasteiger partial charge is 0.271 e. The number of rotatable bonds is 3. The molecule has 3 unspecified atom stereocenters. The van der Waals surface area contributed by atoms with Crippen molar-refractivity contribution in [2.75, 3.05) is 0 Å². The van der Waals surface area contributed by atoms with Gasteiger partial charge >= 0.3 is 0 Å². The first-order valence-electron chi connectivity index (χ1n) is 5.64. The number of nitrogens with two attached hydrogens (primary N) is 1. The van der Waals surface area contributed by atoms with Crippen LogP contribution in [0.1, 0.15) is 31.0 Å². The zero-order valence-corrected chi connectivity index (χ0v) is 8.63. The molecule has 3 atom stereocenters. The standard InChI is InChI=1S/C11H16N4/c12-15-11(9-6-13-4-5-14-9)10-7-2-1-3-8(7)10/h4-8,10-11,15H,1-3,12H2. The van der Waals surface area contributed by atoms with E-state index in [0.29, 0.717) is 5.92 Å². The Morgan fingerprint density at radius 2 is 2.13 bits per heavy atom. The monoisotopic (exact) mass is 204 g/mol. The van der Waals surface area contributed by atoms with E-state index in [1.54, 1.807) is 12.4 Å². The van der Waals surface area contributed by atoms with Gasteiger partial charge < -0.3 is 0 Å². The van der Waals surface area contributed by atoms with Gasteiger partial charge in [0.05, 0.1) is 17.9 Å². The van der Waals surface area contributed by atoms with E-state index in [1.807, 2.05) is 6.20 Å². The minimum absolute atomic E-state index is 0.203. The van der Waals surface area contributed by atoms with E-state index in [1.165, 1.54) is 19.3 Å². The molecule has 0 bridgehead atoms.